The number of benzene rings is 2. The number of rotatable bonds is 4. The first-order valence-corrected chi connectivity index (χ1v) is 13.3. The first-order chi connectivity index (χ1) is 17.1. The molecule has 1 unspecified atom stereocenters. The molecule has 3 saturated heterocycles. The van der Waals surface area contributed by atoms with E-state index in [4.69, 9.17) is 0 Å². The van der Waals surface area contributed by atoms with E-state index in [1.54, 1.807) is 0 Å². The van der Waals surface area contributed by atoms with Crippen LogP contribution in [0.5, 0.6) is 0 Å². The topological polar surface area (TPSA) is 73.5 Å². The van der Waals surface area contributed by atoms with Gasteiger partial charge in [0.15, 0.2) is 0 Å². The van der Waals surface area contributed by atoms with E-state index in [0.29, 0.717) is 13.0 Å². The lowest BCUT2D eigenvalue weighted by molar-refractivity contribution is -0.140. The molecule has 1 spiro atoms. The van der Waals surface area contributed by atoms with Gasteiger partial charge in [-0.3, -0.25) is 9.59 Å². The molecular weight excluding hydrogens is 436 g/mol. The monoisotopic (exact) mass is 472 g/mol. The number of amides is 2. The van der Waals surface area contributed by atoms with Gasteiger partial charge >= 0.3 is 0 Å². The van der Waals surface area contributed by atoms with E-state index in [1.165, 1.54) is 16.7 Å². The molecule has 6 rings (SSSR count). The molecule has 35 heavy (non-hydrogen) atoms. The summed E-state index contributed by atoms with van der Waals surface area (Å²) in [5, 5.41) is 10.3. The van der Waals surface area contributed by atoms with Crippen LogP contribution in [0, 0.1) is 5.41 Å². The number of nitrogens with one attached hydrogen (secondary N) is 3. The van der Waals surface area contributed by atoms with Gasteiger partial charge in [-0.05, 0) is 73.7 Å². The third-order valence-corrected chi connectivity index (χ3v) is 8.93. The van der Waals surface area contributed by atoms with Crippen molar-refractivity contribution in [3.63, 3.8) is 0 Å². The third-order valence-electron chi connectivity index (χ3n) is 8.93. The van der Waals surface area contributed by atoms with Gasteiger partial charge in [0, 0.05) is 19.0 Å². The van der Waals surface area contributed by atoms with E-state index < -0.39 is 6.04 Å². The Balaban J connectivity index is 1.21. The second-order valence-electron chi connectivity index (χ2n) is 11.0. The zero-order valence-corrected chi connectivity index (χ0v) is 20.3. The minimum atomic E-state index is -0.424. The van der Waals surface area contributed by atoms with Crippen LogP contribution in [0.3, 0.4) is 0 Å². The number of hydrogen-bond donors (Lipinski definition) is 3. The highest BCUT2D eigenvalue weighted by Gasteiger charge is 2.47. The maximum absolute atomic E-state index is 13.9. The highest BCUT2D eigenvalue weighted by molar-refractivity contribution is 5.91. The largest absolute Gasteiger partial charge is 0.347 e. The maximum atomic E-state index is 13.9. The molecule has 0 aromatic heterocycles. The van der Waals surface area contributed by atoms with Gasteiger partial charge in [0.1, 0.15) is 6.04 Å². The van der Waals surface area contributed by atoms with Gasteiger partial charge in [0.25, 0.3) is 0 Å². The second-order valence-corrected chi connectivity index (χ2v) is 11.0. The summed E-state index contributed by atoms with van der Waals surface area (Å²) < 4.78 is 0. The molecule has 2 amide bonds. The Labute approximate surface area is 207 Å². The molecule has 6 heteroatoms. The zero-order valence-electron chi connectivity index (χ0n) is 20.3. The minimum absolute atomic E-state index is 0.00643. The fraction of sp³-hybridized carbons (Fsp3) is 0.517. The van der Waals surface area contributed by atoms with Crippen LogP contribution in [-0.2, 0) is 16.0 Å². The molecule has 0 radical (unpaired) electrons. The number of carbonyl (C=O) groups is 2. The smallest absolute Gasteiger partial charge is 0.243 e. The lowest BCUT2D eigenvalue weighted by atomic mass is 9.77. The summed E-state index contributed by atoms with van der Waals surface area (Å²) in [5.41, 5.74) is 3.97. The summed E-state index contributed by atoms with van der Waals surface area (Å²) >= 11 is 0. The first kappa shape index (κ1) is 22.7. The molecule has 0 saturated carbocycles. The number of aryl methyl sites for hydroxylation is 1. The summed E-state index contributed by atoms with van der Waals surface area (Å²) in [5.74, 6) is 0.278. The third kappa shape index (κ3) is 4.38. The van der Waals surface area contributed by atoms with Gasteiger partial charge < -0.3 is 20.9 Å². The minimum Gasteiger partial charge on any atom is -0.347 e. The molecule has 3 fully saturated rings. The molecule has 6 nitrogen and oxygen atoms in total. The van der Waals surface area contributed by atoms with Crippen LogP contribution < -0.4 is 16.0 Å². The number of carbonyl (C=O) groups excluding carboxylic acids is 2. The molecule has 2 aromatic carbocycles. The molecular formula is C29H36N4O2. The first-order valence-electron chi connectivity index (χ1n) is 13.3. The molecule has 184 valence electrons. The summed E-state index contributed by atoms with van der Waals surface area (Å²) in [6.45, 7) is 3.55. The van der Waals surface area contributed by atoms with Crippen molar-refractivity contribution in [2.24, 2.45) is 5.41 Å². The molecule has 2 aromatic rings. The van der Waals surface area contributed by atoms with Crippen molar-refractivity contribution < 1.29 is 9.59 Å². The Morgan fingerprint density at radius 1 is 1.00 bits per heavy atom. The molecule has 3 N–H and O–H groups in total. The predicted molar refractivity (Wildman–Crippen MR) is 136 cm³/mol. The van der Waals surface area contributed by atoms with Gasteiger partial charge in [0.05, 0.1) is 12.1 Å². The van der Waals surface area contributed by atoms with Crippen molar-refractivity contribution in [2.75, 3.05) is 26.2 Å². The van der Waals surface area contributed by atoms with E-state index in [2.05, 4.69) is 46.3 Å². The van der Waals surface area contributed by atoms with Crippen LogP contribution in [0.1, 0.15) is 60.8 Å². The van der Waals surface area contributed by atoms with Crippen molar-refractivity contribution >= 4 is 11.8 Å². The van der Waals surface area contributed by atoms with Crippen LogP contribution in [0.25, 0.3) is 0 Å². The van der Waals surface area contributed by atoms with E-state index >= 15 is 0 Å². The van der Waals surface area contributed by atoms with E-state index in [-0.39, 0.29) is 35.2 Å². The van der Waals surface area contributed by atoms with Crippen LogP contribution in [0.2, 0.25) is 0 Å². The number of piperidine rings is 1. The summed E-state index contributed by atoms with van der Waals surface area (Å²) in [6.07, 6.45) is 5.70. The fourth-order valence-electron chi connectivity index (χ4n) is 6.90. The molecule has 3 heterocycles. The van der Waals surface area contributed by atoms with E-state index in [0.717, 1.165) is 51.7 Å². The Morgan fingerprint density at radius 2 is 1.77 bits per heavy atom. The quantitative estimate of drug-likeness (QED) is 0.640. The summed E-state index contributed by atoms with van der Waals surface area (Å²) in [7, 11) is 0. The van der Waals surface area contributed by atoms with Crippen molar-refractivity contribution in [3.05, 3.63) is 71.3 Å². The molecule has 4 atom stereocenters. The number of hydrogen-bond acceptors (Lipinski definition) is 4. The van der Waals surface area contributed by atoms with Crippen molar-refractivity contribution in [2.45, 2.75) is 62.6 Å². The zero-order chi connectivity index (χ0) is 23.8. The van der Waals surface area contributed by atoms with Crippen LogP contribution in [0.15, 0.2) is 54.6 Å². The van der Waals surface area contributed by atoms with Crippen molar-refractivity contribution in [3.8, 4) is 0 Å². The Hall–Kier alpha value is -2.70. The Kier molecular flexibility index (Phi) is 6.11. The average Bonchev–Trinajstić information content (AvgIpc) is 3.63. The normalized spacial score (nSPS) is 29.3. The summed E-state index contributed by atoms with van der Waals surface area (Å²) in [6, 6.07) is 18.2. The van der Waals surface area contributed by atoms with Crippen molar-refractivity contribution in [1.29, 1.82) is 0 Å². The van der Waals surface area contributed by atoms with E-state index in [1.807, 2.05) is 29.2 Å². The molecule has 4 aliphatic rings. The molecule has 3 aliphatic heterocycles. The van der Waals surface area contributed by atoms with Crippen molar-refractivity contribution in [1.82, 2.24) is 20.9 Å². The molecule has 0 bridgehead atoms. The predicted octanol–water partition coefficient (Wildman–Crippen LogP) is 2.91. The lowest BCUT2D eigenvalue weighted by Gasteiger charge is -2.33. The second kappa shape index (κ2) is 9.40. The van der Waals surface area contributed by atoms with Gasteiger partial charge in [-0.25, -0.2) is 0 Å². The summed E-state index contributed by atoms with van der Waals surface area (Å²) in [4.78, 5) is 29.4. The van der Waals surface area contributed by atoms with E-state index in [9.17, 15) is 9.59 Å². The van der Waals surface area contributed by atoms with Crippen LogP contribution >= 0.6 is 0 Å². The fourth-order valence-corrected chi connectivity index (χ4v) is 6.90. The van der Waals surface area contributed by atoms with Gasteiger partial charge in [0.2, 0.25) is 11.8 Å². The highest BCUT2D eigenvalue weighted by Crippen LogP contribution is 2.40. The number of fused-ring (bicyclic) bond motifs is 1. The van der Waals surface area contributed by atoms with Gasteiger partial charge in [-0.15, -0.1) is 0 Å². The van der Waals surface area contributed by atoms with Crippen LogP contribution in [0.4, 0.5) is 0 Å². The van der Waals surface area contributed by atoms with Gasteiger partial charge in [-0.2, -0.15) is 0 Å². The molecule has 1 aliphatic carbocycles. The van der Waals surface area contributed by atoms with Crippen LogP contribution in [-0.4, -0.2) is 55.0 Å². The average molecular weight is 473 g/mol. The number of nitrogens with zero attached hydrogens (tertiary/aromatic N) is 1. The highest BCUT2D eigenvalue weighted by atomic mass is 16.2. The lowest BCUT2D eigenvalue weighted by Crippen LogP contribution is -2.51. The SMILES string of the molecule is O=C(NC1CCc2ccccc21)[C@@H]1C[C@H](c2ccccc2)CN1C(=O)[C@H]1CC2(CCNCC2)CN1. The standard InChI is InChI=1S/C29H36N4O2/c34-27(32-24-11-10-21-8-4-5-9-23(21)24)26-16-22(20-6-2-1-3-7-20)18-33(26)28(35)25-17-29(19-31-25)12-14-30-15-13-29/h1-9,22,24-26,30-31H,10-19H2,(H,32,34)/t22-,24?,25+,26-/m0/s1. The Bertz CT molecular complexity index is 1080. The van der Waals surface area contributed by atoms with Gasteiger partial charge in [-0.1, -0.05) is 54.6 Å². The maximum Gasteiger partial charge on any atom is 0.243 e. The number of likely N-dealkylation sites (tertiary alicyclic amines) is 1. The Morgan fingerprint density at radius 3 is 2.60 bits per heavy atom.